The second kappa shape index (κ2) is 8.65. The summed E-state index contributed by atoms with van der Waals surface area (Å²) in [6, 6.07) is 26.4. The van der Waals surface area contributed by atoms with E-state index in [9.17, 15) is 4.79 Å². The van der Waals surface area contributed by atoms with Crippen molar-refractivity contribution >= 4 is 33.8 Å². The largest absolute Gasteiger partial charge is 0.334 e. The van der Waals surface area contributed by atoms with Crippen LogP contribution in [0.2, 0.25) is 0 Å². The summed E-state index contributed by atoms with van der Waals surface area (Å²) in [5, 5.41) is 7.48. The normalized spacial score (nSPS) is 13.9. The maximum atomic E-state index is 12.9. The molecular formula is C27H24N4O. The number of anilines is 2. The number of hydrogen-bond donors (Lipinski definition) is 2. The van der Waals surface area contributed by atoms with Gasteiger partial charge in [0.1, 0.15) is 0 Å². The van der Waals surface area contributed by atoms with E-state index in [2.05, 4.69) is 51.7 Å². The number of para-hydroxylation sites is 1. The first kappa shape index (κ1) is 20.0. The number of amides is 1. The van der Waals surface area contributed by atoms with Gasteiger partial charge >= 0.3 is 0 Å². The molecule has 0 saturated heterocycles. The van der Waals surface area contributed by atoms with Crippen LogP contribution < -0.4 is 15.5 Å². The molecule has 0 saturated carbocycles. The molecule has 1 aliphatic rings. The van der Waals surface area contributed by atoms with E-state index in [-0.39, 0.29) is 5.91 Å². The highest BCUT2D eigenvalue weighted by molar-refractivity contribution is 6.34. The van der Waals surface area contributed by atoms with Crippen LogP contribution in [-0.4, -0.2) is 17.6 Å². The molecule has 4 aromatic rings. The van der Waals surface area contributed by atoms with Gasteiger partial charge in [-0.05, 0) is 42.8 Å². The van der Waals surface area contributed by atoms with E-state index in [0.29, 0.717) is 12.2 Å². The van der Waals surface area contributed by atoms with Crippen LogP contribution in [0.5, 0.6) is 0 Å². The molecule has 1 aromatic heterocycles. The summed E-state index contributed by atoms with van der Waals surface area (Å²) in [4.78, 5) is 19.5. The van der Waals surface area contributed by atoms with E-state index in [1.807, 2.05) is 60.8 Å². The number of hydrogen-bond acceptors (Lipinski definition) is 4. The Hall–Kier alpha value is -3.96. The fourth-order valence-electron chi connectivity index (χ4n) is 3.99. The van der Waals surface area contributed by atoms with Gasteiger partial charge < -0.3 is 10.2 Å². The summed E-state index contributed by atoms with van der Waals surface area (Å²) in [5.74, 6) is -0.101. The zero-order valence-electron chi connectivity index (χ0n) is 17.9. The monoisotopic (exact) mass is 420 g/mol. The van der Waals surface area contributed by atoms with Crippen LogP contribution in [0.4, 0.5) is 11.4 Å². The minimum Gasteiger partial charge on any atom is -0.334 e. The Bertz CT molecular complexity index is 1300. The molecule has 0 unspecified atom stereocenters. The number of rotatable bonds is 6. The van der Waals surface area contributed by atoms with Crippen LogP contribution in [0.3, 0.4) is 0 Å². The van der Waals surface area contributed by atoms with Crippen molar-refractivity contribution in [2.45, 2.75) is 13.5 Å². The fourth-order valence-corrected chi connectivity index (χ4v) is 3.99. The minimum absolute atomic E-state index is 0.101. The van der Waals surface area contributed by atoms with E-state index in [4.69, 9.17) is 0 Å². The van der Waals surface area contributed by atoms with Gasteiger partial charge in [-0.15, -0.1) is 0 Å². The Morgan fingerprint density at radius 2 is 1.78 bits per heavy atom. The minimum atomic E-state index is -0.101. The predicted molar refractivity (Wildman–Crippen MR) is 130 cm³/mol. The first-order valence-corrected chi connectivity index (χ1v) is 10.7. The van der Waals surface area contributed by atoms with Crippen molar-refractivity contribution in [3.8, 4) is 0 Å². The summed E-state index contributed by atoms with van der Waals surface area (Å²) < 4.78 is 0. The van der Waals surface area contributed by atoms with Crippen LogP contribution in [0.25, 0.3) is 16.5 Å². The van der Waals surface area contributed by atoms with Crippen LogP contribution in [-0.2, 0) is 11.3 Å². The number of benzene rings is 3. The lowest BCUT2D eigenvalue weighted by Gasteiger charge is -2.22. The number of aromatic nitrogens is 1. The molecular weight excluding hydrogens is 396 g/mol. The molecule has 0 spiro atoms. The maximum Gasteiger partial charge on any atom is 0.257 e. The van der Waals surface area contributed by atoms with Crippen LogP contribution in [0, 0.1) is 6.92 Å². The highest BCUT2D eigenvalue weighted by Crippen LogP contribution is 2.37. The molecule has 5 rings (SSSR count). The Balaban J connectivity index is 1.48. The van der Waals surface area contributed by atoms with Gasteiger partial charge in [0.05, 0.1) is 17.8 Å². The van der Waals surface area contributed by atoms with Crippen molar-refractivity contribution in [3.05, 3.63) is 108 Å². The quantitative estimate of drug-likeness (QED) is 0.337. The van der Waals surface area contributed by atoms with Crippen molar-refractivity contribution in [1.82, 2.24) is 10.3 Å². The van der Waals surface area contributed by atoms with Gasteiger partial charge in [-0.3, -0.25) is 15.1 Å². The summed E-state index contributed by atoms with van der Waals surface area (Å²) >= 11 is 0. The third kappa shape index (κ3) is 3.98. The van der Waals surface area contributed by atoms with Crippen molar-refractivity contribution in [2.75, 3.05) is 16.9 Å². The number of aryl methyl sites for hydroxylation is 1. The van der Waals surface area contributed by atoms with Gasteiger partial charge in [0.15, 0.2) is 0 Å². The zero-order chi connectivity index (χ0) is 21.9. The third-order valence-electron chi connectivity index (χ3n) is 5.65. The number of carbonyl (C=O) groups is 1. The summed E-state index contributed by atoms with van der Waals surface area (Å²) in [5.41, 5.74) is 6.71. The van der Waals surface area contributed by atoms with Crippen LogP contribution in [0.15, 0.2) is 91.3 Å². The van der Waals surface area contributed by atoms with Gasteiger partial charge in [0.25, 0.3) is 5.91 Å². The third-order valence-corrected chi connectivity index (χ3v) is 5.65. The molecule has 5 nitrogen and oxygen atoms in total. The Morgan fingerprint density at radius 3 is 2.59 bits per heavy atom. The van der Waals surface area contributed by atoms with Crippen LogP contribution in [0.1, 0.15) is 16.7 Å². The lowest BCUT2D eigenvalue weighted by molar-refractivity contribution is -0.110. The fraction of sp³-hybridized carbons (Fsp3) is 0.111. The average Bonchev–Trinajstić information content (AvgIpc) is 3.15. The molecule has 1 amide bonds. The van der Waals surface area contributed by atoms with E-state index >= 15 is 0 Å². The average molecular weight is 421 g/mol. The molecule has 2 heterocycles. The predicted octanol–water partition coefficient (Wildman–Crippen LogP) is 5.09. The molecule has 158 valence electrons. The first-order chi connectivity index (χ1) is 15.7. The molecule has 1 aliphatic heterocycles. The summed E-state index contributed by atoms with van der Waals surface area (Å²) in [6.07, 6.45) is 3.71. The Kier molecular flexibility index (Phi) is 5.40. The van der Waals surface area contributed by atoms with E-state index in [1.54, 1.807) is 6.20 Å². The van der Waals surface area contributed by atoms with Gasteiger partial charge in [-0.1, -0.05) is 54.1 Å². The zero-order valence-corrected chi connectivity index (χ0v) is 17.9. The highest BCUT2D eigenvalue weighted by atomic mass is 16.2. The van der Waals surface area contributed by atoms with Gasteiger partial charge in [-0.2, -0.15) is 0 Å². The number of nitrogens with zero attached hydrogens (tertiary/aromatic N) is 2. The Morgan fingerprint density at radius 1 is 0.969 bits per heavy atom. The first-order valence-electron chi connectivity index (χ1n) is 10.7. The molecule has 32 heavy (non-hydrogen) atoms. The Labute approximate surface area is 187 Å². The number of carbonyl (C=O) groups excluding carboxylic acids is 1. The maximum absolute atomic E-state index is 12.9. The standard InChI is InChI=1S/C27H24N4O/c1-19-9-11-20(12-10-19)16-28-18-31(21-6-3-2-4-7-21)17-23-26-22-8-5-15-29-24(22)13-14-25(26)30-27(23)32/h2-15,17,28H,16,18H2,1H3,(H,30,32). The van der Waals surface area contributed by atoms with Crippen molar-refractivity contribution in [3.63, 3.8) is 0 Å². The van der Waals surface area contributed by atoms with Crippen LogP contribution >= 0.6 is 0 Å². The molecule has 0 atom stereocenters. The molecule has 0 radical (unpaired) electrons. The smallest absolute Gasteiger partial charge is 0.257 e. The molecule has 0 fully saturated rings. The number of pyridine rings is 1. The highest BCUT2D eigenvalue weighted by Gasteiger charge is 2.27. The van der Waals surface area contributed by atoms with Gasteiger partial charge in [0, 0.05) is 41.3 Å². The van der Waals surface area contributed by atoms with Gasteiger partial charge in [0.2, 0.25) is 0 Å². The SMILES string of the molecule is Cc1ccc(CNCN(C=C2C(=O)Nc3ccc4ncccc4c32)c2ccccc2)cc1. The number of nitrogens with one attached hydrogen (secondary N) is 2. The lowest BCUT2D eigenvalue weighted by Crippen LogP contribution is -2.30. The van der Waals surface area contributed by atoms with Gasteiger partial charge in [-0.25, -0.2) is 0 Å². The van der Waals surface area contributed by atoms with Crippen molar-refractivity contribution in [1.29, 1.82) is 0 Å². The second-order valence-electron chi connectivity index (χ2n) is 7.93. The topological polar surface area (TPSA) is 57.3 Å². The number of fused-ring (bicyclic) bond motifs is 3. The van der Waals surface area contributed by atoms with E-state index < -0.39 is 0 Å². The molecule has 5 heteroatoms. The molecule has 0 aliphatic carbocycles. The summed E-state index contributed by atoms with van der Waals surface area (Å²) in [6.45, 7) is 3.39. The molecule has 0 bridgehead atoms. The molecule has 2 N–H and O–H groups in total. The second-order valence-corrected chi connectivity index (χ2v) is 7.93. The van der Waals surface area contributed by atoms with E-state index in [0.717, 1.165) is 34.4 Å². The summed E-state index contributed by atoms with van der Waals surface area (Å²) in [7, 11) is 0. The molecule has 3 aromatic carbocycles. The van der Waals surface area contributed by atoms with E-state index in [1.165, 1.54) is 11.1 Å². The lowest BCUT2D eigenvalue weighted by atomic mass is 10.0. The van der Waals surface area contributed by atoms with Crippen molar-refractivity contribution in [2.24, 2.45) is 0 Å². The van der Waals surface area contributed by atoms with Crippen molar-refractivity contribution < 1.29 is 4.79 Å².